The second-order valence-electron chi connectivity index (χ2n) is 9.01. The van der Waals surface area contributed by atoms with Crippen molar-refractivity contribution in [1.29, 1.82) is 0 Å². The molecule has 0 radical (unpaired) electrons. The minimum atomic E-state index is -0.0967. The fraction of sp³-hybridized carbons (Fsp3) is 0.192. The lowest BCUT2D eigenvalue weighted by Gasteiger charge is -2.11. The van der Waals surface area contributed by atoms with Gasteiger partial charge in [-0.05, 0) is 30.5 Å². The molecule has 0 aliphatic heterocycles. The molecule has 2 atom stereocenters. The van der Waals surface area contributed by atoms with Gasteiger partial charge in [0.15, 0.2) is 11.5 Å². The van der Waals surface area contributed by atoms with E-state index in [1.54, 1.807) is 0 Å². The summed E-state index contributed by atoms with van der Waals surface area (Å²) in [5.74, 6) is 0.965. The Morgan fingerprint density at radius 1 is 1.14 bits per heavy atom. The molecule has 0 saturated carbocycles. The van der Waals surface area contributed by atoms with E-state index in [1.807, 2.05) is 60.1 Å². The Balaban J connectivity index is 1.25. The first-order valence-corrected chi connectivity index (χ1v) is 11.9. The third kappa shape index (κ3) is 4.20. The predicted octanol–water partition coefficient (Wildman–Crippen LogP) is 3.11. The van der Waals surface area contributed by atoms with Crippen molar-refractivity contribution < 1.29 is 4.79 Å². The molecule has 3 aromatic heterocycles. The number of nitrogens with zero attached hydrogens (tertiary/aromatic N) is 7. The van der Waals surface area contributed by atoms with Gasteiger partial charge in [0.05, 0.1) is 11.4 Å². The molecular weight excluding hydrogens is 468 g/mol. The minimum absolute atomic E-state index is 0.0371. The number of aryl methyl sites for hydroxylation is 1. The second kappa shape index (κ2) is 9.26. The van der Waals surface area contributed by atoms with Crippen LogP contribution in [0.5, 0.6) is 0 Å². The number of nitrogen functional groups attached to an aromatic ring is 1. The molecule has 37 heavy (non-hydrogen) atoms. The topological polar surface area (TPSA) is 153 Å². The smallest absolute Gasteiger partial charge is 0.251 e. The van der Waals surface area contributed by atoms with E-state index in [4.69, 9.17) is 10.8 Å². The van der Waals surface area contributed by atoms with Crippen molar-refractivity contribution >= 4 is 22.8 Å². The summed E-state index contributed by atoms with van der Waals surface area (Å²) < 4.78 is 1.88. The molecule has 2 aromatic carbocycles. The number of tetrazole rings is 1. The average Bonchev–Trinajstić information content (AvgIpc) is 3.68. The number of hydrogen-bond acceptors (Lipinski definition) is 8. The first-order valence-electron chi connectivity index (χ1n) is 11.9. The van der Waals surface area contributed by atoms with E-state index in [-0.39, 0.29) is 17.9 Å². The standard InChI is InChI=1S/C26H24N10O/c1-15-4-2-3-5-20(15)26(37)28-13-16-6-8-17(9-7-16)22-21-23(27)29-14-30-25(21)36(33-22)19-11-10-18(12-19)24-31-34-35-32-24/h2-11,14,18-19H,12-13H2,1H3,(H,28,37)(H2,27,29,30)(H,31,32,34,35). The number of fused-ring (bicyclic) bond motifs is 1. The summed E-state index contributed by atoms with van der Waals surface area (Å²) in [6, 6.07) is 15.4. The van der Waals surface area contributed by atoms with E-state index < -0.39 is 0 Å². The molecule has 0 bridgehead atoms. The number of aromatic nitrogens is 8. The molecule has 2 unspecified atom stereocenters. The lowest BCUT2D eigenvalue weighted by atomic mass is 10.1. The van der Waals surface area contributed by atoms with Gasteiger partial charge >= 0.3 is 0 Å². The number of anilines is 1. The molecule has 3 heterocycles. The van der Waals surface area contributed by atoms with Crippen molar-refractivity contribution in [2.24, 2.45) is 0 Å². The maximum Gasteiger partial charge on any atom is 0.251 e. The van der Waals surface area contributed by atoms with Crippen LogP contribution in [0, 0.1) is 6.92 Å². The largest absolute Gasteiger partial charge is 0.383 e. The van der Waals surface area contributed by atoms with Gasteiger partial charge in [-0.25, -0.2) is 14.6 Å². The fourth-order valence-electron chi connectivity index (χ4n) is 4.69. The van der Waals surface area contributed by atoms with Gasteiger partial charge in [-0.3, -0.25) is 4.79 Å². The molecule has 11 heteroatoms. The van der Waals surface area contributed by atoms with Crippen LogP contribution >= 0.6 is 0 Å². The van der Waals surface area contributed by atoms with Crippen molar-refractivity contribution in [2.75, 3.05) is 5.73 Å². The summed E-state index contributed by atoms with van der Waals surface area (Å²) >= 11 is 0. The molecule has 0 fully saturated rings. The summed E-state index contributed by atoms with van der Waals surface area (Å²) in [7, 11) is 0. The summed E-state index contributed by atoms with van der Waals surface area (Å²) in [4.78, 5) is 21.3. The molecule has 0 saturated heterocycles. The van der Waals surface area contributed by atoms with Crippen LogP contribution in [-0.4, -0.2) is 46.3 Å². The SMILES string of the molecule is Cc1ccccc1C(=O)NCc1ccc(-c2nn(C3C=CC(c4nn[nH]n4)C3)c3ncnc(N)c23)cc1. The summed E-state index contributed by atoms with van der Waals surface area (Å²) in [6.07, 6.45) is 6.33. The zero-order valence-electron chi connectivity index (χ0n) is 20.0. The Morgan fingerprint density at radius 3 is 2.76 bits per heavy atom. The monoisotopic (exact) mass is 492 g/mol. The molecular formula is C26H24N10O. The number of amides is 1. The van der Waals surface area contributed by atoms with Crippen molar-refractivity contribution in [3.63, 3.8) is 0 Å². The van der Waals surface area contributed by atoms with Gasteiger partial charge in [-0.15, -0.1) is 10.2 Å². The predicted molar refractivity (Wildman–Crippen MR) is 137 cm³/mol. The van der Waals surface area contributed by atoms with Gasteiger partial charge in [0, 0.05) is 23.6 Å². The third-order valence-corrected chi connectivity index (χ3v) is 6.66. The van der Waals surface area contributed by atoms with Crippen LogP contribution in [0.2, 0.25) is 0 Å². The average molecular weight is 493 g/mol. The second-order valence-corrected chi connectivity index (χ2v) is 9.01. The molecule has 184 valence electrons. The minimum Gasteiger partial charge on any atom is -0.383 e. The van der Waals surface area contributed by atoms with Crippen molar-refractivity contribution in [2.45, 2.75) is 31.8 Å². The van der Waals surface area contributed by atoms with Crippen LogP contribution in [0.4, 0.5) is 5.82 Å². The van der Waals surface area contributed by atoms with E-state index in [0.717, 1.165) is 23.1 Å². The van der Waals surface area contributed by atoms with Gasteiger partial charge in [-0.2, -0.15) is 10.3 Å². The molecule has 6 rings (SSSR count). The molecule has 0 spiro atoms. The van der Waals surface area contributed by atoms with Gasteiger partial charge in [-0.1, -0.05) is 59.8 Å². The number of hydrogen-bond donors (Lipinski definition) is 3. The molecule has 4 N–H and O–H groups in total. The lowest BCUT2D eigenvalue weighted by molar-refractivity contribution is 0.0950. The number of nitrogens with two attached hydrogens (primary N) is 1. The van der Waals surface area contributed by atoms with Crippen LogP contribution in [0.1, 0.15) is 45.7 Å². The Labute approximate surface area is 211 Å². The Bertz CT molecular complexity index is 1600. The Hall–Kier alpha value is -4.93. The van der Waals surface area contributed by atoms with E-state index in [0.29, 0.717) is 40.5 Å². The molecule has 1 aliphatic rings. The highest BCUT2D eigenvalue weighted by molar-refractivity contribution is 5.98. The highest BCUT2D eigenvalue weighted by Gasteiger charge is 2.28. The highest BCUT2D eigenvalue weighted by Crippen LogP contribution is 2.37. The number of nitrogens with one attached hydrogen (secondary N) is 2. The molecule has 11 nitrogen and oxygen atoms in total. The zero-order valence-corrected chi connectivity index (χ0v) is 20.0. The number of carbonyl (C=O) groups is 1. The molecule has 5 aromatic rings. The van der Waals surface area contributed by atoms with E-state index in [9.17, 15) is 4.79 Å². The summed E-state index contributed by atoms with van der Waals surface area (Å²) in [5, 5.41) is 23.0. The molecule has 1 amide bonds. The van der Waals surface area contributed by atoms with E-state index in [2.05, 4.69) is 48.1 Å². The van der Waals surface area contributed by atoms with Crippen LogP contribution < -0.4 is 11.1 Å². The van der Waals surface area contributed by atoms with Crippen LogP contribution in [0.15, 0.2) is 67.0 Å². The van der Waals surface area contributed by atoms with Gasteiger partial charge in [0.1, 0.15) is 17.8 Å². The first-order chi connectivity index (χ1) is 18.1. The summed E-state index contributed by atoms with van der Waals surface area (Å²) in [6.45, 7) is 2.34. The van der Waals surface area contributed by atoms with Gasteiger partial charge < -0.3 is 11.1 Å². The van der Waals surface area contributed by atoms with Crippen molar-refractivity contribution in [3.05, 3.63) is 89.5 Å². The van der Waals surface area contributed by atoms with Gasteiger partial charge in [0.25, 0.3) is 5.91 Å². The fourth-order valence-corrected chi connectivity index (χ4v) is 4.69. The lowest BCUT2D eigenvalue weighted by Crippen LogP contribution is -2.23. The number of aromatic amines is 1. The number of benzene rings is 2. The maximum absolute atomic E-state index is 12.6. The highest BCUT2D eigenvalue weighted by atomic mass is 16.1. The number of allylic oxidation sites excluding steroid dienone is 2. The Morgan fingerprint density at radius 2 is 1.97 bits per heavy atom. The maximum atomic E-state index is 12.6. The Kier molecular flexibility index (Phi) is 5.64. The number of H-pyrrole nitrogens is 1. The van der Waals surface area contributed by atoms with Crippen LogP contribution in [-0.2, 0) is 6.54 Å². The third-order valence-electron chi connectivity index (χ3n) is 6.66. The molecule has 1 aliphatic carbocycles. The first kappa shape index (κ1) is 22.5. The van der Waals surface area contributed by atoms with Crippen LogP contribution in [0.3, 0.4) is 0 Å². The van der Waals surface area contributed by atoms with Crippen LogP contribution in [0.25, 0.3) is 22.3 Å². The number of rotatable bonds is 6. The van der Waals surface area contributed by atoms with Gasteiger partial charge in [0.2, 0.25) is 0 Å². The summed E-state index contributed by atoms with van der Waals surface area (Å²) in [5.41, 5.74) is 11.1. The van der Waals surface area contributed by atoms with Crippen molar-refractivity contribution in [3.8, 4) is 11.3 Å². The van der Waals surface area contributed by atoms with E-state index in [1.165, 1.54) is 6.33 Å². The number of carbonyl (C=O) groups excluding carboxylic acids is 1. The van der Waals surface area contributed by atoms with E-state index >= 15 is 0 Å². The zero-order chi connectivity index (χ0) is 25.4. The normalized spacial score (nSPS) is 16.9. The quantitative estimate of drug-likeness (QED) is 0.306. The van der Waals surface area contributed by atoms with Crippen molar-refractivity contribution in [1.82, 2.24) is 45.7 Å².